The molecule has 2 N–H and O–H groups in total. The normalized spacial score (nSPS) is 16.3. The number of benzene rings is 1. The molecule has 0 unspecified atom stereocenters. The topological polar surface area (TPSA) is 131 Å². The molecule has 3 aromatic rings. The number of likely N-dealkylation sites (tertiary alicyclic amines) is 1. The fraction of sp³-hybridized carbons (Fsp3) is 0.517. The number of nitrogens with zero attached hydrogens (tertiary/aromatic N) is 5. The van der Waals surface area contributed by atoms with E-state index in [9.17, 15) is 26.4 Å². The van der Waals surface area contributed by atoms with Gasteiger partial charge in [0, 0.05) is 39.5 Å². The average Bonchev–Trinajstić information content (AvgIpc) is 3.68. The number of halogens is 3. The van der Waals surface area contributed by atoms with Crippen LogP contribution >= 0.6 is 0 Å². The minimum atomic E-state index is -4.82. The van der Waals surface area contributed by atoms with Crippen molar-refractivity contribution in [3.8, 4) is 5.75 Å². The van der Waals surface area contributed by atoms with Crippen molar-refractivity contribution in [3.63, 3.8) is 0 Å². The predicted octanol–water partition coefficient (Wildman–Crippen LogP) is 5.47. The fourth-order valence-corrected chi connectivity index (χ4v) is 6.29. The average molecular weight is 636 g/mol. The fourth-order valence-electron chi connectivity index (χ4n) is 5.19. The van der Waals surface area contributed by atoms with Gasteiger partial charge in [0.2, 0.25) is 26.7 Å². The maximum absolute atomic E-state index is 14.0. The maximum Gasteiger partial charge on any atom is 0.421 e. The van der Waals surface area contributed by atoms with Crippen molar-refractivity contribution in [2.24, 2.45) is 7.05 Å². The molecule has 1 aliphatic heterocycles. The van der Waals surface area contributed by atoms with Gasteiger partial charge in [-0.2, -0.15) is 23.3 Å². The molecule has 1 aromatic carbocycles. The summed E-state index contributed by atoms with van der Waals surface area (Å²) in [5.74, 6) is 0.0654. The number of hydrogen-bond donors (Lipinski definition) is 2. The Bertz CT molecular complexity index is 1660. The molecular formula is C29H36F3N7O4S. The molecule has 3 heterocycles. The summed E-state index contributed by atoms with van der Waals surface area (Å²) in [7, 11) is -2.45. The highest BCUT2D eigenvalue weighted by Gasteiger charge is 2.37. The molecule has 5 rings (SSSR count). The summed E-state index contributed by atoms with van der Waals surface area (Å²) >= 11 is 0. The minimum absolute atomic E-state index is 0.0447. The number of rotatable bonds is 9. The van der Waals surface area contributed by atoms with Crippen LogP contribution < -0.4 is 15.4 Å². The Morgan fingerprint density at radius 2 is 1.77 bits per heavy atom. The van der Waals surface area contributed by atoms with Crippen LogP contribution in [0.25, 0.3) is 0 Å². The first-order valence-corrected chi connectivity index (χ1v) is 16.0. The molecule has 15 heteroatoms. The number of alkyl halides is 3. The third-order valence-corrected chi connectivity index (χ3v) is 9.93. The molecule has 1 saturated carbocycles. The molecule has 2 aromatic heterocycles. The van der Waals surface area contributed by atoms with Gasteiger partial charge in [-0.3, -0.25) is 9.48 Å². The third-order valence-electron chi connectivity index (χ3n) is 7.85. The van der Waals surface area contributed by atoms with Crippen LogP contribution in [0.15, 0.2) is 29.6 Å². The molecule has 1 amide bonds. The number of ether oxygens (including phenoxy) is 1. The van der Waals surface area contributed by atoms with Gasteiger partial charge in [-0.25, -0.2) is 13.4 Å². The second-order valence-electron chi connectivity index (χ2n) is 11.6. The number of aryl methyl sites for hydroxylation is 2. The largest absolute Gasteiger partial charge is 0.488 e. The van der Waals surface area contributed by atoms with Gasteiger partial charge >= 0.3 is 6.18 Å². The molecular weight excluding hydrogens is 599 g/mol. The van der Waals surface area contributed by atoms with E-state index in [1.54, 1.807) is 6.92 Å². The van der Waals surface area contributed by atoms with Crippen LogP contribution in [0.5, 0.6) is 5.75 Å². The molecule has 0 atom stereocenters. The van der Waals surface area contributed by atoms with E-state index >= 15 is 0 Å². The second kappa shape index (κ2) is 11.9. The van der Waals surface area contributed by atoms with Gasteiger partial charge in [0.15, 0.2) is 0 Å². The van der Waals surface area contributed by atoms with E-state index in [2.05, 4.69) is 25.7 Å². The summed E-state index contributed by atoms with van der Waals surface area (Å²) in [4.78, 5) is 21.7. The van der Waals surface area contributed by atoms with Gasteiger partial charge in [-0.1, -0.05) is 0 Å². The summed E-state index contributed by atoms with van der Waals surface area (Å²) in [6.45, 7) is 7.80. The minimum Gasteiger partial charge on any atom is -0.488 e. The van der Waals surface area contributed by atoms with Crippen molar-refractivity contribution in [2.45, 2.75) is 81.9 Å². The van der Waals surface area contributed by atoms with Gasteiger partial charge in [-0.15, -0.1) is 0 Å². The lowest BCUT2D eigenvalue weighted by molar-refractivity contribution is -0.137. The Kier molecular flexibility index (Phi) is 8.53. The van der Waals surface area contributed by atoms with Crippen LogP contribution in [0.3, 0.4) is 0 Å². The van der Waals surface area contributed by atoms with Crippen molar-refractivity contribution >= 4 is 38.9 Å². The van der Waals surface area contributed by atoms with E-state index < -0.39 is 32.6 Å². The molecule has 0 radical (unpaired) electrons. The monoisotopic (exact) mass is 635 g/mol. The third kappa shape index (κ3) is 6.76. The van der Waals surface area contributed by atoms with Crippen LogP contribution in [-0.4, -0.2) is 63.4 Å². The van der Waals surface area contributed by atoms with Gasteiger partial charge in [-0.05, 0) is 75.6 Å². The lowest BCUT2D eigenvalue weighted by atomic mass is 9.86. The number of anilines is 4. The predicted molar refractivity (Wildman–Crippen MR) is 158 cm³/mol. The Balaban J connectivity index is 1.48. The van der Waals surface area contributed by atoms with Crippen molar-refractivity contribution in [3.05, 3.63) is 41.2 Å². The Morgan fingerprint density at radius 1 is 1.09 bits per heavy atom. The molecule has 1 saturated heterocycles. The Labute approximate surface area is 254 Å². The summed E-state index contributed by atoms with van der Waals surface area (Å²) in [6, 6.07) is 3.83. The lowest BCUT2D eigenvalue weighted by Gasteiger charge is -2.32. The zero-order valence-electron chi connectivity index (χ0n) is 25.2. The van der Waals surface area contributed by atoms with E-state index in [-0.39, 0.29) is 34.6 Å². The van der Waals surface area contributed by atoms with Gasteiger partial charge in [0.05, 0.1) is 22.7 Å². The summed E-state index contributed by atoms with van der Waals surface area (Å²) in [5.41, 5.74) is 1.25. The first kappa shape index (κ1) is 31.5. The van der Waals surface area contributed by atoms with E-state index in [0.29, 0.717) is 30.7 Å². The molecule has 2 fully saturated rings. The number of carbonyl (C=O) groups is 1. The highest BCUT2D eigenvalue weighted by atomic mass is 32.2. The number of piperidine rings is 1. The lowest BCUT2D eigenvalue weighted by Crippen LogP contribution is -2.36. The number of carbonyl (C=O) groups excluding carboxylic acids is 1. The first-order chi connectivity index (χ1) is 20.6. The maximum atomic E-state index is 14.0. The highest BCUT2D eigenvalue weighted by molar-refractivity contribution is 7.92. The molecule has 0 bridgehead atoms. The highest BCUT2D eigenvalue weighted by Crippen LogP contribution is 2.41. The summed E-state index contributed by atoms with van der Waals surface area (Å²) in [6.07, 6.45) is 0.589. The van der Waals surface area contributed by atoms with Crippen LogP contribution in [-0.2, 0) is 27.9 Å². The Morgan fingerprint density at radius 3 is 2.36 bits per heavy atom. The number of aromatic nitrogens is 4. The van der Waals surface area contributed by atoms with Crippen LogP contribution in [0, 0.1) is 6.92 Å². The molecule has 11 nitrogen and oxygen atoms in total. The number of amides is 1. The van der Waals surface area contributed by atoms with Crippen LogP contribution in [0.1, 0.15) is 69.1 Å². The molecule has 2 aliphatic rings. The zero-order valence-corrected chi connectivity index (χ0v) is 26.0. The van der Waals surface area contributed by atoms with Gasteiger partial charge in [0.1, 0.15) is 17.1 Å². The Hall–Kier alpha value is -3.88. The van der Waals surface area contributed by atoms with E-state index in [4.69, 9.17) is 4.74 Å². The van der Waals surface area contributed by atoms with E-state index in [0.717, 1.165) is 36.8 Å². The summed E-state index contributed by atoms with van der Waals surface area (Å²) < 4.78 is 75.2. The summed E-state index contributed by atoms with van der Waals surface area (Å²) in [5, 5.41) is 8.34. The van der Waals surface area contributed by atoms with Crippen molar-refractivity contribution in [2.75, 3.05) is 23.7 Å². The van der Waals surface area contributed by atoms with Crippen molar-refractivity contribution in [1.29, 1.82) is 0 Å². The van der Waals surface area contributed by atoms with Gasteiger partial charge < -0.3 is 20.3 Å². The molecule has 238 valence electrons. The SMILES string of the molecule is CC(=O)N1CCC(c2cc(OC3CC3)c(Nc3ncc(C(F)(F)F)c(Nc4cn(C)nc4S(=O)(=O)C(C)C)n3)cc2C)CC1. The molecule has 44 heavy (non-hydrogen) atoms. The van der Waals surface area contributed by atoms with E-state index in [1.165, 1.54) is 31.8 Å². The zero-order chi connectivity index (χ0) is 32.0. The van der Waals surface area contributed by atoms with Crippen LogP contribution in [0.4, 0.5) is 36.3 Å². The van der Waals surface area contributed by atoms with Crippen molar-refractivity contribution < 1.29 is 31.1 Å². The number of nitrogens with one attached hydrogen (secondary N) is 2. The van der Waals surface area contributed by atoms with Crippen LogP contribution in [0.2, 0.25) is 0 Å². The van der Waals surface area contributed by atoms with Crippen molar-refractivity contribution in [1.82, 2.24) is 24.6 Å². The smallest absolute Gasteiger partial charge is 0.421 e. The second-order valence-corrected chi connectivity index (χ2v) is 14.0. The quantitative estimate of drug-likeness (QED) is 0.314. The van der Waals surface area contributed by atoms with Gasteiger partial charge in [0.25, 0.3) is 0 Å². The molecule has 1 aliphatic carbocycles. The standard InChI is InChI=1S/C29H36F3N7O4S/c1-16(2)44(41,42)27-24(15-38(5)37-27)34-26-22(29(30,31)32)14-33-28(36-26)35-23-12-17(3)21(13-25(23)43-20-6-7-20)19-8-10-39(11-9-19)18(4)40/h12-16,19-20H,6-11H2,1-5H3,(H2,33,34,35,36). The number of hydrogen-bond acceptors (Lipinski definition) is 9. The molecule has 0 spiro atoms. The van der Waals surface area contributed by atoms with E-state index in [1.807, 2.05) is 24.0 Å². The number of sulfone groups is 1. The first-order valence-electron chi connectivity index (χ1n) is 14.5.